The lowest BCUT2D eigenvalue weighted by Crippen LogP contribution is -1.98. The van der Waals surface area contributed by atoms with E-state index in [9.17, 15) is 14.9 Å². The van der Waals surface area contributed by atoms with Crippen LogP contribution in [0.2, 0.25) is 0 Å². The molecule has 2 aromatic rings. The minimum absolute atomic E-state index is 0.0810. The number of nitro benzene ring substituents is 1. The predicted molar refractivity (Wildman–Crippen MR) is 52.1 cm³/mol. The summed E-state index contributed by atoms with van der Waals surface area (Å²) in [5.41, 5.74) is -0.269. The average Bonchev–Trinajstić information content (AvgIpc) is 2.55. The third-order valence-corrected chi connectivity index (χ3v) is 2.01. The van der Waals surface area contributed by atoms with Gasteiger partial charge in [-0.3, -0.25) is 10.1 Å². The molecule has 0 bridgehead atoms. The van der Waals surface area contributed by atoms with Gasteiger partial charge in [-0.15, -0.1) is 5.10 Å². The van der Waals surface area contributed by atoms with Crippen molar-refractivity contribution >= 4 is 22.7 Å². The SMILES string of the molecule is Cn1nc2cc(C(=O)O)cc([N+](=O)[O-])c2n1. The molecule has 1 heterocycles. The summed E-state index contributed by atoms with van der Waals surface area (Å²) in [6.45, 7) is 0. The van der Waals surface area contributed by atoms with Crippen LogP contribution in [0.15, 0.2) is 12.1 Å². The summed E-state index contributed by atoms with van der Waals surface area (Å²) in [4.78, 5) is 22.0. The molecule has 0 aliphatic rings. The van der Waals surface area contributed by atoms with E-state index in [0.29, 0.717) is 0 Å². The molecule has 1 aromatic heterocycles. The van der Waals surface area contributed by atoms with Crippen LogP contribution in [-0.4, -0.2) is 31.0 Å². The van der Waals surface area contributed by atoms with Gasteiger partial charge in [-0.25, -0.2) is 4.79 Å². The molecule has 2 rings (SSSR count). The number of hydrogen-bond donors (Lipinski definition) is 1. The third-order valence-electron chi connectivity index (χ3n) is 2.01. The molecular weight excluding hydrogens is 216 g/mol. The number of nitro groups is 1. The third kappa shape index (κ3) is 1.45. The fourth-order valence-electron chi connectivity index (χ4n) is 1.37. The number of hydrogen-bond acceptors (Lipinski definition) is 5. The van der Waals surface area contributed by atoms with Gasteiger partial charge in [-0.2, -0.15) is 9.90 Å². The molecule has 1 N–H and O–H groups in total. The lowest BCUT2D eigenvalue weighted by Gasteiger charge is -1.95. The highest BCUT2D eigenvalue weighted by Crippen LogP contribution is 2.24. The summed E-state index contributed by atoms with van der Waals surface area (Å²) in [6, 6.07) is 2.22. The summed E-state index contributed by atoms with van der Waals surface area (Å²) < 4.78 is 0. The largest absolute Gasteiger partial charge is 0.478 e. The number of carboxylic acid groups (broad SMARTS) is 1. The first-order valence-electron chi connectivity index (χ1n) is 4.22. The first-order chi connectivity index (χ1) is 7.49. The van der Waals surface area contributed by atoms with E-state index in [2.05, 4.69) is 10.2 Å². The van der Waals surface area contributed by atoms with Crippen molar-refractivity contribution in [3.8, 4) is 0 Å². The van der Waals surface area contributed by atoms with Gasteiger partial charge in [0.05, 0.1) is 10.5 Å². The Hall–Kier alpha value is -2.51. The normalized spacial score (nSPS) is 10.6. The highest BCUT2D eigenvalue weighted by Gasteiger charge is 2.20. The highest BCUT2D eigenvalue weighted by atomic mass is 16.6. The van der Waals surface area contributed by atoms with Crippen molar-refractivity contribution in [1.29, 1.82) is 0 Å². The molecular formula is C8H6N4O4. The Morgan fingerprint density at radius 2 is 2.19 bits per heavy atom. The van der Waals surface area contributed by atoms with Crippen molar-refractivity contribution in [3.63, 3.8) is 0 Å². The monoisotopic (exact) mass is 222 g/mol. The molecule has 1 aromatic carbocycles. The number of benzene rings is 1. The molecule has 82 valence electrons. The number of carboxylic acids is 1. The minimum atomic E-state index is -1.24. The van der Waals surface area contributed by atoms with Gasteiger partial charge >= 0.3 is 5.97 Å². The Morgan fingerprint density at radius 3 is 2.75 bits per heavy atom. The number of fused-ring (bicyclic) bond motifs is 1. The van der Waals surface area contributed by atoms with Crippen molar-refractivity contribution in [2.75, 3.05) is 0 Å². The molecule has 0 unspecified atom stereocenters. The van der Waals surface area contributed by atoms with Crippen LogP contribution in [-0.2, 0) is 7.05 Å². The van der Waals surface area contributed by atoms with Crippen LogP contribution >= 0.6 is 0 Å². The predicted octanol–water partition coefficient (Wildman–Crippen LogP) is 0.575. The standard InChI is InChI=1S/C8H6N4O4/c1-11-9-5-2-4(8(13)14)3-6(12(15)16)7(5)10-11/h2-3H,1H3,(H,13,14). The molecule has 0 saturated carbocycles. The molecule has 0 aliphatic heterocycles. The van der Waals surface area contributed by atoms with Crippen LogP contribution in [0.5, 0.6) is 0 Å². The lowest BCUT2D eigenvalue weighted by molar-refractivity contribution is -0.383. The molecule has 0 radical (unpaired) electrons. The van der Waals surface area contributed by atoms with E-state index >= 15 is 0 Å². The molecule has 0 amide bonds. The number of aromatic carboxylic acids is 1. The smallest absolute Gasteiger partial charge is 0.336 e. The number of aromatic nitrogens is 3. The molecule has 0 atom stereocenters. The molecule has 8 nitrogen and oxygen atoms in total. The van der Waals surface area contributed by atoms with Crippen LogP contribution < -0.4 is 0 Å². The topological polar surface area (TPSA) is 111 Å². The van der Waals surface area contributed by atoms with E-state index in [1.54, 1.807) is 0 Å². The average molecular weight is 222 g/mol. The van der Waals surface area contributed by atoms with Gasteiger partial charge in [0, 0.05) is 13.1 Å². The van der Waals surface area contributed by atoms with Crippen molar-refractivity contribution < 1.29 is 14.8 Å². The van der Waals surface area contributed by atoms with E-state index in [0.717, 1.165) is 10.9 Å². The first-order valence-corrected chi connectivity index (χ1v) is 4.22. The maximum atomic E-state index is 10.7. The van der Waals surface area contributed by atoms with Gasteiger partial charge in [0.15, 0.2) is 5.52 Å². The van der Waals surface area contributed by atoms with Gasteiger partial charge < -0.3 is 5.11 Å². The fourth-order valence-corrected chi connectivity index (χ4v) is 1.37. The first kappa shape index (κ1) is 10.0. The quantitative estimate of drug-likeness (QED) is 0.587. The summed E-state index contributed by atoms with van der Waals surface area (Å²) in [6.07, 6.45) is 0. The van der Waals surface area contributed by atoms with Crippen molar-refractivity contribution in [3.05, 3.63) is 27.8 Å². The zero-order valence-corrected chi connectivity index (χ0v) is 8.12. The van der Waals surface area contributed by atoms with Gasteiger partial charge in [0.2, 0.25) is 0 Å². The van der Waals surface area contributed by atoms with Crippen molar-refractivity contribution in [1.82, 2.24) is 15.0 Å². The van der Waals surface area contributed by atoms with Gasteiger partial charge in [0.1, 0.15) is 5.52 Å². The molecule has 0 aliphatic carbocycles. The van der Waals surface area contributed by atoms with Gasteiger partial charge in [-0.05, 0) is 6.07 Å². The number of rotatable bonds is 2. The second-order valence-corrected chi connectivity index (χ2v) is 3.11. The van der Waals surface area contributed by atoms with Crippen LogP contribution in [0.3, 0.4) is 0 Å². The zero-order chi connectivity index (χ0) is 11.9. The van der Waals surface area contributed by atoms with Crippen LogP contribution in [0.25, 0.3) is 11.0 Å². The number of aryl methyl sites for hydroxylation is 1. The van der Waals surface area contributed by atoms with Gasteiger partial charge in [0.25, 0.3) is 5.69 Å². The Kier molecular flexibility index (Phi) is 2.04. The van der Waals surface area contributed by atoms with Crippen LogP contribution in [0.1, 0.15) is 10.4 Å². The Morgan fingerprint density at radius 1 is 1.50 bits per heavy atom. The molecule has 0 fully saturated rings. The summed E-state index contributed by atoms with van der Waals surface area (Å²) in [5, 5.41) is 27.2. The number of nitrogens with zero attached hydrogens (tertiary/aromatic N) is 4. The molecule has 16 heavy (non-hydrogen) atoms. The van der Waals surface area contributed by atoms with E-state index in [1.165, 1.54) is 13.1 Å². The van der Waals surface area contributed by atoms with Crippen LogP contribution in [0.4, 0.5) is 5.69 Å². The number of non-ortho nitro benzene ring substituents is 1. The summed E-state index contributed by atoms with van der Waals surface area (Å²) >= 11 is 0. The van der Waals surface area contributed by atoms with E-state index in [4.69, 9.17) is 5.11 Å². The van der Waals surface area contributed by atoms with E-state index in [1.807, 2.05) is 0 Å². The van der Waals surface area contributed by atoms with E-state index < -0.39 is 10.9 Å². The summed E-state index contributed by atoms with van der Waals surface area (Å²) in [5.74, 6) is -1.24. The molecule has 0 saturated heterocycles. The maximum Gasteiger partial charge on any atom is 0.336 e. The lowest BCUT2D eigenvalue weighted by atomic mass is 10.1. The maximum absolute atomic E-state index is 10.7. The second-order valence-electron chi connectivity index (χ2n) is 3.11. The minimum Gasteiger partial charge on any atom is -0.478 e. The molecule has 0 spiro atoms. The Labute approximate surface area is 88.2 Å². The second kappa shape index (κ2) is 3.26. The Balaban J connectivity index is 2.83. The van der Waals surface area contributed by atoms with Gasteiger partial charge in [-0.1, -0.05) is 0 Å². The molecule has 8 heteroatoms. The van der Waals surface area contributed by atoms with Crippen molar-refractivity contribution in [2.45, 2.75) is 0 Å². The van der Waals surface area contributed by atoms with Crippen molar-refractivity contribution in [2.24, 2.45) is 7.05 Å². The highest BCUT2D eigenvalue weighted by molar-refractivity contribution is 5.95. The fraction of sp³-hybridized carbons (Fsp3) is 0.125. The Bertz CT molecular complexity index is 603. The number of carbonyl (C=O) groups is 1. The summed E-state index contributed by atoms with van der Waals surface area (Å²) in [7, 11) is 1.50. The zero-order valence-electron chi connectivity index (χ0n) is 8.12. The van der Waals surface area contributed by atoms with Crippen LogP contribution in [0, 0.1) is 10.1 Å². The van der Waals surface area contributed by atoms with E-state index in [-0.39, 0.29) is 22.3 Å².